The Hall–Kier alpha value is -2.30. The van der Waals surface area contributed by atoms with Gasteiger partial charge < -0.3 is 0 Å². The minimum absolute atomic E-state index is 0.644. The number of fused-ring (bicyclic) bond motifs is 1. The number of rotatable bonds is 2. The highest BCUT2D eigenvalue weighted by atomic mass is 35.5. The van der Waals surface area contributed by atoms with Crippen molar-refractivity contribution in [3.8, 4) is 17.1 Å². The number of hydrogen-bond donors (Lipinski definition) is 0. The summed E-state index contributed by atoms with van der Waals surface area (Å²) in [6, 6.07) is 13.4. The molecule has 0 bridgehead atoms. The first-order valence-electron chi connectivity index (χ1n) is 7.50. The van der Waals surface area contributed by atoms with Crippen molar-refractivity contribution >= 4 is 28.8 Å². The van der Waals surface area contributed by atoms with Crippen molar-refractivity contribution in [2.24, 2.45) is 0 Å². The van der Waals surface area contributed by atoms with Gasteiger partial charge in [0.2, 0.25) is 0 Å². The normalized spacial score (nSPS) is 11.3. The summed E-state index contributed by atoms with van der Waals surface area (Å²) in [4.78, 5) is 4.78. The largest absolute Gasteiger partial charge is 0.283 e. The molecule has 0 atom stereocenters. The first-order chi connectivity index (χ1) is 11.5. The number of benzene rings is 1. The van der Waals surface area contributed by atoms with Gasteiger partial charge >= 0.3 is 0 Å². The molecule has 0 spiro atoms. The molecule has 0 amide bonds. The van der Waals surface area contributed by atoms with Crippen molar-refractivity contribution in [2.75, 3.05) is 0 Å². The summed E-state index contributed by atoms with van der Waals surface area (Å²) in [6.07, 6.45) is 1.86. The summed E-state index contributed by atoms with van der Waals surface area (Å²) >= 11 is 12.2. The van der Waals surface area contributed by atoms with Crippen LogP contribution < -0.4 is 0 Å². The van der Waals surface area contributed by atoms with Gasteiger partial charge in [0.05, 0.1) is 10.7 Å². The number of imidazole rings is 1. The second-order valence-corrected chi connectivity index (χ2v) is 6.58. The van der Waals surface area contributed by atoms with Crippen LogP contribution in [0, 0.1) is 13.8 Å². The van der Waals surface area contributed by atoms with Crippen LogP contribution in [0.15, 0.2) is 48.7 Å². The fourth-order valence-corrected chi connectivity index (χ4v) is 3.14. The van der Waals surface area contributed by atoms with E-state index >= 15 is 0 Å². The lowest BCUT2D eigenvalue weighted by molar-refractivity contribution is 0.799. The summed E-state index contributed by atoms with van der Waals surface area (Å²) in [5.74, 6) is 0.862. The Kier molecular flexibility index (Phi) is 3.59. The molecule has 3 aromatic heterocycles. The minimum atomic E-state index is 0.644. The molecule has 0 aliphatic heterocycles. The molecule has 0 radical (unpaired) electrons. The molecule has 0 saturated carbocycles. The highest BCUT2D eigenvalue weighted by Crippen LogP contribution is 2.30. The molecule has 0 aliphatic carbocycles. The Morgan fingerprint density at radius 1 is 0.917 bits per heavy atom. The van der Waals surface area contributed by atoms with Crippen LogP contribution in [0.4, 0.5) is 0 Å². The van der Waals surface area contributed by atoms with E-state index in [9.17, 15) is 0 Å². The lowest BCUT2D eigenvalue weighted by atomic mass is 10.1. The minimum Gasteiger partial charge on any atom is -0.283 e. The first kappa shape index (κ1) is 15.2. The summed E-state index contributed by atoms with van der Waals surface area (Å²) in [6.45, 7) is 4.00. The monoisotopic (exact) mass is 356 g/mol. The van der Waals surface area contributed by atoms with Gasteiger partial charge in [-0.1, -0.05) is 35.3 Å². The number of aromatic nitrogens is 4. The van der Waals surface area contributed by atoms with E-state index in [1.807, 2.05) is 71.6 Å². The fourth-order valence-electron chi connectivity index (χ4n) is 2.85. The molecule has 4 aromatic rings. The Labute approximate surface area is 149 Å². The molecule has 0 unspecified atom stereocenters. The van der Waals surface area contributed by atoms with E-state index in [4.69, 9.17) is 28.2 Å². The molecular formula is C18H14Cl2N4. The second kappa shape index (κ2) is 5.65. The average molecular weight is 357 g/mol. The lowest BCUT2D eigenvalue weighted by Gasteiger charge is -2.08. The quantitative estimate of drug-likeness (QED) is 0.500. The number of halogens is 2. The van der Waals surface area contributed by atoms with Crippen LogP contribution in [-0.2, 0) is 0 Å². The summed E-state index contributed by atoms with van der Waals surface area (Å²) in [5.41, 5.74) is 4.60. The first-order valence-corrected chi connectivity index (χ1v) is 8.26. The van der Waals surface area contributed by atoms with Crippen molar-refractivity contribution in [3.05, 3.63) is 70.1 Å². The molecular weight excluding hydrogens is 343 g/mol. The van der Waals surface area contributed by atoms with Crippen molar-refractivity contribution in [2.45, 2.75) is 13.8 Å². The molecule has 4 nitrogen and oxygen atoms in total. The van der Waals surface area contributed by atoms with Gasteiger partial charge in [-0.3, -0.25) is 4.40 Å². The Morgan fingerprint density at radius 2 is 1.62 bits per heavy atom. The zero-order valence-corrected chi connectivity index (χ0v) is 14.7. The van der Waals surface area contributed by atoms with Crippen LogP contribution >= 0.6 is 23.2 Å². The predicted molar refractivity (Wildman–Crippen MR) is 97.2 cm³/mol. The van der Waals surface area contributed by atoms with Crippen LogP contribution in [0.3, 0.4) is 0 Å². The number of pyridine rings is 1. The fraction of sp³-hybridized carbons (Fsp3) is 0.111. The highest BCUT2D eigenvalue weighted by Gasteiger charge is 2.18. The lowest BCUT2D eigenvalue weighted by Crippen LogP contribution is -2.04. The highest BCUT2D eigenvalue weighted by molar-refractivity contribution is 6.30. The topological polar surface area (TPSA) is 35.1 Å². The average Bonchev–Trinajstić information content (AvgIpc) is 3.07. The van der Waals surface area contributed by atoms with Crippen LogP contribution in [0.5, 0.6) is 0 Å². The van der Waals surface area contributed by atoms with Gasteiger partial charge in [0.1, 0.15) is 11.3 Å². The van der Waals surface area contributed by atoms with Gasteiger partial charge in [-0.2, -0.15) is 5.10 Å². The molecule has 0 aliphatic rings. The molecule has 0 saturated heterocycles. The standard InChI is InChI=1S/C18H14Cl2N4/c1-11-9-12(2)24(22-11)18-17(13-3-5-14(19)6-4-13)21-16-8-7-15(20)10-23(16)18/h3-10H,1-2H3. The van der Waals surface area contributed by atoms with Gasteiger partial charge in [0, 0.05) is 22.5 Å². The van der Waals surface area contributed by atoms with E-state index in [0.717, 1.165) is 34.1 Å². The van der Waals surface area contributed by atoms with Crippen LogP contribution in [0.2, 0.25) is 10.0 Å². The predicted octanol–water partition coefficient (Wildman–Crippen LogP) is 5.11. The van der Waals surface area contributed by atoms with E-state index in [1.54, 1.807) is 0 Å². The molecule has 0 fully saturated rings. The van der Waals surface area contributed by atoms with E-state index < -0.39 is 0 Å². The van der Waals surface area contributed by atoms with Crippen molar-refractivity contribution in [1.29, 1.82) is 0 Å². The third-order valence-corrected chi connectivity index (χ3v) is 4.36. The third-order valence-electron chi connectivity index (χ3n) is 3.89. The van der Waals surface area contributed by atoms with Crippen LogP contribution in [-0.4, -0.2) is 19.2 Å². The Bertz CT molecular complexity index is 1050. The maximum atomic E-state index is 6.20. The van der Waals surface area contributed by atoms with Gasteiger partial charge in [0.25, 0.3) is 0 Å². The summed E-state index contributed by atoms with van der Waals surface area (Å²) in [7, 11) is 0. The van der Waals surface area contributed by atoms with Gasteiger partial charge in [-0.05, 0) is 44.2 Å². The van der Waals surface area contributed by atoms with Gasteiger partial charge in [0.15, 0.2) is 5.82 Å². The number of aryl methyl sites for hydroxylation is 2. The van der Waals surface area contributed by atoms with E-state index in [-0.39, 0.29) is 0 Å². The van der Waals surface area contributed by atoms with E-state index in [1.165, 1.54) is 0 Å². The van der Waals surface area contributed by atoms with Crippen molar-refractivity contribution < 1.29 is 0 Å². The van der Waals surface area contributed by atoms with Crippen LogP contribution in [0.1, 0.15) is 11.4 Å². The smallest absolute Gasteiger partial charge is 0.166 e. The van der Waals surface area contributed by atoms with Crippen molar-refractivity contribution in [1.82, 2.24) is 19.2 Å². The van der Waals surface area contributed by atoms with Crippen LogP contribution in [0.25, 0.3) is 22.7 Å². The van der Waals surface area contributed by atoms with Gasteiger partial charge in [-0.15, -0.1) is 0 Å². The third kappa shape index (κ3) is 2.48. The SMILES string of the molecule is Cc1cc(C)n(-c2c(-c3ccc(Cl)cc3)nc3ccc(Cl)cn23)n1. The number of nitrogens with zero attached hydrogens (tertiary/aromatic N) is 4. The molecule has 6 heteroatoms. The van der Waals surface area contributed by atoms with E-state index in [2.05, 4.69) is 5.10 Å². The number of hydrogen-bond acceptors (Lipinski definition) is 2. The molecule has 120 valence electrons. The molecule has 4 rings (SSSR count). The molecule has 0 N–H and O–H groups in total. The van der Waals surface area contributed by atoms with E-state index in [0.29, 0.717) is 10.0 Å². The van der Waals surface area contributed by atoms with Crippen molar-refractivity contribution in [3.63, 3.8) is 0 Å². The molecule has 3 heterocycles. The van der Waals surface area contributed by atoms with Gasteiger partial charge in [-0.25, -0.2) is 9.67 Å². The second-order valence-electron chi connectivity index (χ2n) is 5.71. The maximum Gasteiger partial charge on any atom is 0.166 e. The summed E-state index contributed by atoms with van der Waals surface area (Å²) in [5, 5.41) is 5.96. The Balaban J connectivity index is 2.07. The zero-order valence-electron chi connectivity index (χ0n) is 13.2. The molecule has 1 aromatic carbocycles. The summed E-state index contributed by atoms with van der Waals surface area (Å²) < 4.78 is 3.86. The Morgan fingerprint density at radius 3 is 2.29 bits per heavy atom. The molecule has 24 heavy (non-hydrogen) atoms. The zero-order chi connectivity index (χ0) is 16.8. The maximum absolute atomic E-state index is 6.20.